The Hall–Kier alpha value is -2.83. The highest BCUT2D eigenvalue weighted by Gasteiger charge is 2.35. The molecule has 30 heavy (non-hydrogen) atoms. The number of nitrogens with one attached hydrogen (secondary N) is 2. The standard InChI is InChI=1S/C23H33N3O4/c1-7-8-13-26-15(2)19(21(28)30-6)20(25-22(26)29)16-9-11-17(12-10-16)24-18(27)14-23(3,4)5/h9-12,20H,7-8,13-14H2,1-6H3,(H,24,27)(H,25,29). The predicted octanol–water partition coefficient (Wildman–Crippen LogP) is 4.37. The molecule has 0 spiro atoms. The van der Waals surface area contributed by atoms with Crippen LogP contribution in [0.3, 0.4) is 0 Å². The number of urea groups is 1. The van der Waals surface area contributed by atoms with Crippen molar-refractivity contribution < 1.29 is 19.1 Å². The number of unbranched alkanes of at least 4 members (excludes halogenated alkanes) is 1. The molecule has 0 fully saturated rings. The zero-order valence-corrected chi connectivity index (χ0v) is 18.8. The highest BCUT2D eigenvalue weighted by molar-refractivity contribution is 5.95. The van der Waals surface area contributed by atoms with Gasteiger partial charge in [0, 0.05) is 24.4 Å². The maximum Gasteiger partial charge on any atom is 0.337 e. The maximum absolute atomic E-state index is 12.7. The first-order valence-electron chi connectivity index (χ1n) is 10.3. The molecule has 3 amide bonds. The van der Waals surface area contributed by atoms with Crippen LogP contribution < -0.4 is 10.6 Å². The highest BCUT2D eigenvalue weighted by atomic mass is 16.5. The van der Waals surface area contributed by atoms with E-state index < -0.39 is 12.0 Å². The van der Waals surface area contributed by atoms with Crippen molar-refractivity contribution in [2.24, 2.45) is 5.41 Å². The number of ether oxygens (including phenoxy) is 1. The molecule has 1 unspecified atom stereocenters. The van der Waals surface area contributed by atoms with Crippen molar-refractivity contribution >= 4 is 23.6 Å². The van der Waals surface area contributed by atoms with Gasteiger partial charge in [0.05, 0.1) is 18.7 Å². The number of carbonyl (C=O) groups excluding carboxylic acids is 3. The Morgan fingerprint density at radius 1 is 1.20 bits per heavy atom. The number of hydrogen-bond acceptors (Lipinski definition) is 4. The van der Waals surface area contributed by atoms with Crippen LogP contribution in [0.4, 0.5) is 10.5 Å². The van der Waals surface area contributed by atoms with Crippen LogP contribution in [-0.4, -0.2) is 36.5 Å². The minimum absolute atomic E-state index is 0.0567. The zero-order valence-electron chi connectivity index (χ0n) is 18.8. The minimum atomic E-state index is -0.609. The summed E-state index contributed by atoms with van der Waals surface area (Å²) in [4.78, 5) is 38.9. The Bertz CT molecular complexity index is 822. The largest absolute Gasteiger partial charge is 0.466 e. The topological polar surface area (TPSA) is 87.7 Å². The fourth-order valence-corrected chi connectivity index (χ4v) is 3.44. The average Bonchev–Trinajstić information content (AvgIpc) is 2.66. The van der Waals surface area contributed by atoms with Crippen molar-refractivity contribution in [1.29, 1.82) is 0 Å². The third kappa shape index (κ3) is 5.84. The van der Waals surface area contributed by atoms with E-state index in [0.29, 0.717) is 29.9 Å². The van der Waals surface area contributed by atoms with Crippen molar-refractivity contribution in [3.63, 3.8) is 0 Å². The summed E-state index contributed by atoms with van der Waals surface area (Å²) in [6, 6.07) is 6.31. The first-order valence-corrected chi connectivity index (χ1v) is 10.3. The molecule has 7 nitrogen and oxygen atoms in total. The van der Waals surface area contributed by atoms with Gasteiger partial charge in [-0.1, -0.05) is 46.2 Å². The number of anilines is 1. The van der Waals surface area contributed by atoms with Crippen molar-refractivity contribution in [2.75, 3.05) is 19.0 Å². The number of hydrogen-bond donors (Lipinski definition) is 2. The van der Waals surface area contributed by atoms with E-state index >= 15 is 0 Å². The third-order valence-electron chi connectivity index (χ3n) is 4.96. The van der Waals surface area contributed by atoms with Crippen LogP contribution >= 0.6 is 0 Å². The van der Waals surface area contributed by atoms with Crippen LogP contribution in [0.15, 0.2) is 35.5 Å². The monoisotopic (exact) mass is 415 g/mol. The molecule has 1 aliphatic heterocycles. The Kier molecular flexibility index (Phi) is 7.65. The molecule has 1 aliphatic rings. The molecule has 2 N–H and O–H groups in total. The van der Waals surface area contributed by atoms with E-state index in [1.807, 2.05) is 27.7 Å². The normalized spacial score (nSPS) is 16.9. The minimum Gasteiger partial charge on any atom is -0.466 e. The lowest BCUT2D eigenvalue weighted by atomic mass is 9.92. The summed E-state index contributed by atoms with van der Waals surface area (Å²) in [6.07, 6.45) is 2.19. The molecule has 2 rings (SSSR count). The van der Waals surface area contributed by atoms with Gasteiger partial charge in [0.15, 0.2) is 0 Å². The van der Waals surface area contributed by atoms with Gasteiger partial charge in [0.2, 0.25) is 5.91 Å². The summed E-state index contributed by atoms with van der Waals surface area (Å²) in [5.74, 6) is -0.527. The van der Waals surface area contributed by atoms with Crippen molar-refractivity contribution in [3.05, 3.63) is 41.1 Å². The van der Waals surface area contributed by atoms with Crippen molar-refractivity contribution in [2.45, 2.75) is 59.9 Å². The van der Waals surface area contributed by atoms with Crippen molar-refractivity contribution in [1.82, 2.24) is 10.2 Å². The van der Waals surface area contributed by atoms with Gasteiger partial charge in [-0.2, -0.15) is 0 Å². The molecule has 0 bridgehead atoms. The van der Waals surface area contributed by atoms with Crippen molar-refractivity contribution in [3.8, 4) is 0 Å². The van der Waals surface area contributed by atoms with Crippen LogP contribution in [0, 0.1) is 5.41 Å². The number of allylic oxidation sites excluding steroid dienone is 1. The lowest BCUT2D eigenvalue weighted by Crippen LogP contribution is -2.48. The molecule has 164 valence electrons. The summed E-state index contributed by atoms with van der Waals surface area (Å²) < 4.78 is 4.99. The van der Waals surface area contributed by atoms with Gasteiger partial charge in [-0.25, -0.2) is 9.59 Å². The SMILES string of the molecule is CCCCN1C(=O)NC(c2ccc(NC(=O)CC(C)(C)C)cc2)C(C(=O)OC)=C1C. The van der Waals surface area contributed by atoms with Gasteiger partial charge in [0.1, 0.15) is 0 Å². The van der Waals surface area contributed by atoms with Gasteiger partial charge in [-0.3, -0.25) is 9.69 Å². The molecule has 0 aliphatic carbocycles. The van der Waals surface area contributed by atoms with Crippen LogP contribution in [-0.2, 0) is 14.3 Å². The van der Waals surface area contributed by atoms with Gasteiger partial charge in [-0.15, -0.1) is 0 Å². The number of nitrogens with zero attached hydrogens (tertiary/aromatic N) is 1. The Morgan fingerprint density at radius 2 is 1.83 bits per heavy atom. The second kappa shape index (κ2) is 9.78. The number of methoxy groups -OCH3 is 1. The Labute approximate surface area is 178 Å². The second-order valence-electron chi connectivity index (χ2n) is 8.79. The number of carbonyl (C=O) groups is 3. The first kappa shape index (κ1) is 23.4. The van der Waals surface area contributed by atoms with E-state index in [1.54, 1.807) is 36.1 Å². The maximum atomic E-state index is 12.7. The molecule has 0 radical (unpaired) electrons. The molecular formula is C23H33N3O4. The molecular weight excluding hydrogens is 382 g/mol. The third-order valence-corrected chi connectivity index (χ3v) is 4.96. The summed E-state index contributed by atoms with van der Waals surface area (Å²) in [7, 11) is 1.33. The molecule has 0 saturated carbocycles. The lowest BCUT2D eigenvalue weighted by Gasteiger charge is -2.35. The highest BCUT2D eigenvalue weighted by Crippen LogP contribution is 2.32. The van der Waals surface area contributed by atoms with Gasteiger partial charge >= 0.3 is 12.0 Å². The van der Waals surface area contributed by atoms with Crippen LogP contribution in [0.25, 0.3) is 0 Å². The van der Waals surface area contributed by atoms with E-state index in [2.05, 4.69) is 10.6 Å². The van der Waals surface area contributed by atoms with Crippen LogP contribution in [0.2, 0.25) is 0 Å². The van der Waals surface area contributed by atoms with Gasteiger partial charge in [-0.05, 0) is 36.5 Å². The molecule has 1 atom stereocenters. The predicted molar refractivity (Wildman–Crippen MR) is 117 cm³/mol. The first-order chi connectivity index (χ1) is 14.1. The number of benzene rings is 1. The Balaban J connectivity index is 2.28. The van der Waals surface area contributed by atoms with Crippen LogP contribution in [0.5, 0.6) is 0 Å². The van der Waals surface area contributed by atoms with Gasteiger partial charge in [0.25, 0.3) is 0 Å². The molecule has 1 aromatic rings. The summed E-state index contributed by atoms with van der Waals surface area (Å²) in [5.41, 5.74) is 2.33. The summed E-state index contributed by atoms with van der Waals surface area (Å²) >= 11 is 0. The smallest absolute Gasteiger partial charge is 0.337 e. The van der Waals surface area contributed by atoms with E-state index in [4.69, 9.17) is 4.74 Å². The molecule has 1 heterocycles. The number of esters is 1. The summed E-state index contributed by atoms with van der Waals surface area (Å²) in [6.45, 7) is 10.4. The summed E-state index contributed by atoms with van der Waals surface area (Å²) in [5, 5.41) is 5.80. The lowest BCUT2D eigenvalue weighted by molar-refractivity contribution is -0.136. The molecule has 0 aromatic heterocycles. The van der Waals surface area contributed by atoms with Gasteiger partial charge < -0.3 is 15.4 Å². The molecule has 0 saturated heterocycles. The van der Waals surface area contributed by atoms with E-state index in [-0.39, 0.29) is 17.4 Å². The Morgan fingerprint density at radius 3 is 2.37 bits per heavy atom. The molecule has 1 aromatic carbocycles. The quantitative estimate of drug-likeness (QED) is 0.647. The average molecular weight is 416 g/mol. The second-order valence-corrected chi connectivity index (χ2v) is 8.79. The number of rotatable bonds is 7. The van der Waals surface area contributed by atoms with E-state index in [0.717, 1.165) is 18.4 Å². The molecule has 7 heteroatoms. The van der Waals surface area contributed by atoms with E-state index in [1.165, 1.54) is 7.11 Å². The zero-order chi connectivity index (χ0) is 22.5. The fourth-order valence-electron chi connectivity index (χ4n) is 3.44. The van der Waals surface area contributed by atoms with Crippen LogP contribution in [0.1, 0.15) is 65.5 Å². The van der Waals surface area contributed by atoms with E-state index in [9.17, 15) is 14.4 Å². The number of amides is 3. The fraction of sp³-hybridized carbons (Fsp3) is 0.522.